The first-order chi connectivity index (χ1) is 12.4. The summed E-state index contributed by atoms with van der Waals surface area (Å²) < 4.78 is 38.6. The van der Waals surface area contributed by atoms with Gasteiger partial charge in [0.1, 0.15) is 12.4 Å². The predicted octanol–water partition coefficient (Wildman–Crippen LogP) is 2.90. The molecule has 1 aliphatic rings. The van der Waals surface area contributed by atoms with E-state index < -0.39 is 22.0 Å². The lowest BCUT2D eigenvalue weighted by Crippen LogP contribution is -2.47. The molecule has 0 saturated carbocycles. The van der Waals surface area contributed by atoms with Crippen molar-refractivity contribution in [2.45, 2.75) is 31.2 Å². The van der Waals surface area contributed by atoms with Crippen molar-refractivity contribution in [1.82, 2.24) is 0 Å². The molecule has 2 aromatic rings. The Bertz CT molecular complexity index is 892. The zero-order valence-electron chi connectivity index (χ0n) is 14.7. The number of aryl methyl sites for hydroxylation is 1. The molecule has 0 spiro atoms. The number of anilines is 1. The zero-order valence-corrected chi connectivity index (χ0v) is 15.5. The largest absolute Gasteiger partial charge is 0.489 e. The van der Waals surface area contributed by atoms with Crippen molar-refractivity contribution in [3.63, 3.8) is 0 Å². The summed E-state index contributed by atoms with van der Waals surface area (Å²) in [5, 5.41) is 0. The van der Waals surface area contributed by atoms with Gasteiger partial charge < -0.3 is 9.47 Å². The van der Waals surface area contributed by atoms with Crippen molar-refractivity contribution in [1.29, 1.82) is 0 Å². The minimum Gasteiger partial charge on any atom is -0.489 e. The summed E-state index contributed by atoms with van der Waals surface area (Å²) in [5.41, 5.74) is 1.39. The lowest BCUT2D eigenvalue weighted by Gasteiger charge is -2.37. The van der Waals surface area contributed by atoms with Gasteiger partial charge in [-0.3, -0.25) is 9.10 Å². The van der Waals surface area contributed by atoms with E-state index in [2.05, 4.69) is 0 Å². The van der Waals surface area contributed by atoms with E-state index in [1.54, 1.807) is 55.5 Å². The maximum atomic E-state index is 13.3. The monoisotopic (exact) mass is 375 g/mol. The Morgan fingerprint density at radius 3 is 2.58 bits per heavy atom. The number of benzene rings is 2. The quantitative estimate of drug-likeness (QED) is 0.752. The molecule has 26 heavy (non-hydrogen) atoms. The number of fused-ring (bicyclic) bond motifs is 1. The highest BCUT2D eigenvalue weighted by Crippen LogP contribution is 2.38. The Kier molecular flexibility index (Phi) is 5.18. The molecule has 0 bridgehead atoms. The maximum Gasteiger partial charge on any atom is 0.308 e. The predicted molar refractivity (Wildman–Crippen MR) is 97.8 cm³/mol. The molecule has 1 heterocycles. The molecular weight excluding hydrogens is 354 g/mol. The standard InChI is InChI=1S/C19H21NO5S/c1-3-24-19(21)12-15-13-25-18-7-5-4-6-17(18)20(15)26(22,23)16-10-8-14(2)9-11-16/h4-11,15H,3,12-13H2,1-2H3. The summed E-state index contributed by atoms with van der Waals surface area (Å²) in [6, 6.07) is 12.9. The average molecular weight is 375 g/mol. The van der Waals surface area contributed by atoms with E-state index in [1.165, 1.54) is 4.31 Å². The molecule has 0 saturated heterocycles. The van der Waals surface area contributed by atoms with Crippen LogP contribution in [0.5, 0.6) is 5.75 Å². The number of ether oxygens (including phenoxy) is 2. The number of sulfonamides is 1. The fourth-order valence-electron chi connectivity index (χ4n) is 2.92. The molecule has 0 aliphatic carbocycles. The lowest BCUT2D eigenvalue weighted by molar-refractivity contribution is -0.143. The van der Waals surface area contributed by atoms with Crippen molar-refractivity contribution >= 4 is 21.7 Å². The van der Waals surface area contributed by atoms with Gasteiger partial charge in [-0.05, 0) is 38.1 Å². The van der Waals surface area contributed by atoms with Crippen LogP contribution in [-0.2, 0) is 19.6 Å². The van der Waals surface area contributed by atoms with Crippen molar-refractivity contribution < 1.29 is 22.7 Å². The third-order valence-electron chi connectivity index (χ3n) is 4.15. The van der Waals surface area contributed by atoms with E-state index in [4.69, 9.17) is 9.47 Å². The van der Waals surface area contributed by atoms with Crippen molar-refractivity contribution in [2.24, 2.45) is 0 Å². The van der Waals surface area contributed by atoms with Crippen molar-refractivity contribution in [2.75, 3.05) is 17.5 Å². The first-order valence-corrected chi connectivity index (χ1v) is 9.86. The third-order valence-corrected chi connectivity index (χ3v) is 6.03. The fourth-order valence-corrected chi connectivity index (χ4v) is 4.56. The molecule has 0 N–H and O–H groups in total. The molecule has 2 aromatic carbocycles. The molecule has 1 unspecified atom stereocenters. The number of para-hydroxylation sites is 2. The van der Waals surface area contributed by atoms with Gasteiger partial charge in [0.05, 0.1) is 29.7 Å². The molecule has 0 aromatic heterocycles. The first kappa shape index (κ1) is 18.3. The van der Waals surface area contributed by atoms with Gasteiger partial charge in [-0.25, -0.2) is 8.42 Å². The van der Waals surface area contributed by atoms with Gasteiger partial charge in [-0.2, -0.15) is 0 Å². The highest BCUT2D eigenvalue weighted by Gasteiger charge is 2.38. The van der Waals surface area contributed by atoms with Crippen molar-refractivity contribution in [3.05, 3.63) is 54.1 Å². The van der Waals surface area contributed by atoms with Crippen LogP contribution >= 0.6 is 0 Å². The Balaban J connectivity index is 2.05. The summed E-state index contributed by atoms with van der Waals surface area (Å²) in [5.74, 6) is 0.0212. The maximum absolute atomic E-state index is 13.3. The number of carbonyl (C=O) groups excluding carboxylic acids is 1. The molecule has 3 rings (SSSR count). The van der Waals surface area contributed by atoms with Gasteiger partial charge in [-0.15, -0.1) is 0 Å². The van der Waals surface area contributed by atoms with E-state index in [0.717, 1.165) is 5.56 Å². The number of rotatable bonds is 5. The smallest absolute Gasteiger partial charge is 0.308 e. The molecule has 6 nitrogen and oxygen atoms in total. The zero-order chi connectivity index (χ0) is 18.7. The number of carbonyl (C=O) groups is 1. The first-order valence-electron chi connectivity index (χ1n) is 8.42. The average Bonchev–Trinajstić information content (AvgIpc) is 2.62. The van der Waals surface area contributed by atoms with Gasteiger partial charge in [0, 0.05) is 0 Å². The number of esters is 1. The van der Waals surface area contributed by atoms with E-state index in [1.807, 2.05) is 6.92 Å². The Labute approximate surface area is 153 Å². The van der Waals surface area contributed by atoms with E-state index in [0.29, 0.717) is 11.4 Å². The highest BCUT2D eigenvalue weighted by atomic mass is 32.2. The van der Waals surface area contributed by atoms with Gasteiger partial charge in [0.2, 0.25) is 0 Å². The second kappa shape index (κ2) is 7.37. The van der Waals surface area contributed by atoms with Crippen LogP contribution < -0.4 is 9.04 Å². The van der Waals surface area contributed by atoms with E-state index >= 15 is 0 Å². The number of hydrogen-bond acceptors (Lipinski definition) is 5. The fraction of sp³-hybridized carbons (Fsp3) is 0.316. The van der Waals surface area contributed by atoms with Gasteiger partial charge in [0.25, 0.3) is 10.0 Å². The van der Waals surface area contributed by atoms with Crippen molar-refractivity contribution in [3.8, 4) is 5.75 Å². The molecule has 0 amide bonds. The summed E-state index contributed by atoms with van der Waals surface area (Å²) in [7, 11) is -3.86. The molecule has 0 radical (unpaired) electrons. The summed E-state index contributed by atoms with van der Waals surface area (Å²) in [4.78, 5) is 12.2. The second-order valence-corrected chi connectivity index (χ2v) is 7.87. The van der Waals surface area contributed by atoms with E-state index in [-0.39, 0.29) is 24.5 Å². The second-order valence-electron chi connectivity index (χ2n) is 6.06. The molecule has 138 valence electrons. The SMILES string of the molecule is CCOC(=O)CC1COc2ccccc2N1S(=O)(=O)c1ccc(C)cc1. The van der Waals surface area contributed by atoms with Crippen LogP contribution in [0.3, 0.4) is 0 Å². The number of hydrogen-bond donors (Lipinski definition) is 0. The minimum atomic E-state index is -3.86. The normalized spacial score (nSPS) is 16.5. The molecule has 1 atom stereocenters. The van der Waals surface area contributed by atoms with Crippen LogP contribution in [0.15, 0.2) is 53.4 Å². The third kappa shape index (κ3) is 3.53. The van der Waals surface area contributed by atoms with Crippen LogP contribution in [0.4, 0.5) is 5.69 Å². The minimum absolute atomic E-state index is 0.0761. The van der Waals surface area contributed by atoms with E-state index in [9.17, 15) is 13.2 Å². The van der Waals surface area contributed by atoms with Crippen LogP contribution in [0.25, 0.3) is 0 Å². The molecule has 1 aliphatic heterocycles. The Morgan fingerprint density at radius 2 is 1.88 bits per heavy atom. The van der Waals surface area contributed by atoms with Crippen LogP contribution in [0.2, 0.25) is 0 Å². The number of nitrogens with zero attached hydrogens (tertiary/aromatic N) is 1. The topological polar surface area (TPSA) is 72.9 Å². The summed E-state index contributed by atoms with van der Waals surface area (Å²) in [6.07, 6.45) is -0.0761. The van der Waals surface area contributed by atoms with Crippen LogP contribution in [0.1, 0.15) is 18.9 Å². The van der Waals surface area contributed by atoms with Crippen LogP contribution in [-0.4, -0.2) is 33.6 Å². The van der Waals surface area contributed by atoms with Crippen LogP contribution in [0, 0.1) is 6.92 Å². The van der Waals surface area contributed by atoms with Gasteiger partial charge in [-0.1, -0.05) is 29.8 Å². The molecule has 7 heteroatoms. The summed E-state index contributed by atoms with van der Waals surface area (Å²) in [6.45, 7) is 3.93. The van der Waals surface area contributed by atoms with Gasteiger partial charge in [0.15, 0.2) is 0 Å². The lowest BCUT2D eigenvalue weighted by atomic mass is 10.1. The molecular formula is C19H21NO5S. The Hall–Kier alpha value is -2.54. The summed E-state index contributed by atoms with van der Waals surface area (Å²) >= 11 is 0. The Morgan fingerprint density at radius 1 is 1.19 bits per heavy atom. The highest BCUT2D eigenvalue weighted by molar-refractivity contribution is 7.92. The molecule has 0 fully saturated rings. The van der Waals surface area contributed by atoms with Gasteiger partial charge >= 0.3 is 5.97 Å².